The number of alkyl halides is 1. The first-order valence-electron chi connectivity index (χ1n) is 26.9. The first kappa shape index (κ1) is 72.8. The molecule has 0 aliphatic rings. The average molecular weight is 1380 g/mol. The quantitative estimate of drug-likeness (QED) is 0.0133. The second-order valence-corrected chi connectivity index (χ2v) is 22.4. The van der Waals surface area contributed by atoms with E-state index >= 15 is 0 Å². The first-order valence-corrected chi connectivity index (χ1v) is 28.5. The Hall–Kier alpha value is -6.95. The molecule has 89 heavy (non-hydrogen) atoms. The monoisotopic (exact) mass is 1370 g/mol. The Morgan fingerprint density at radius 3 is 1.45 bits per heavy atom. The Morgan fingerprint density at radius 1 is 0.652 bits per heavy atom. The normalized spacial score (nSPS) is 10.7. The van der Waals surface area contributed by atoms with Crippen LogP contribution in [0.5, 0.6) is 11.5 Å². The Kier molecular flexibility index (Phi) is 28.1. The van der Waals surface area contributed by atoms with Crippen LogP contribution in [0.3, 0.4) is 0 Å². The second kappa shape index (κ2) is 34.3. The maximum absolute atomic E-state index is 13.2. The Morgan fingerprint density at radius 2 is 1.09 bits per heavy atom. The van der Waals surface area contributed by atoms with E-state index in [4.69, 9.17) is 29.7 Å². The number of fused-ring (bicyclic) bond motifs is 2. The molecule has 0 saturated carbocycles. The molecular weight excluding hydrogens is 1310 g/mol. The Balaban J connectivity index is 0.000000318. The standard InChI is InChI=1S/C30H31N7O4.C27H29IN4O2.C3H3N3O2.CH2O3.2K.H/c1-20-9-11-21(12-10-20)36-27(17-26(34-36)30(2,3)4)33-29(38)32-24-13-14-25(23-8-6-5-7-22(23)24)41-16-15-35-18-28(31-19-35)37(39)40;1-18-9-11-19(12-10-18)32-25(17-24(31-32)27(2,3)4)30-26(33)29-22-13-14-23(34-16-15-28)21-8-6-5-7-20(21)22;7-6(8)3-1-4-2-5-3;2-1-4-3;;;/h5-14,17-19H,15-16H2,1-4H3,(H2,32,33,38);5-14,17H,15-16H2,1-4H3,(H2,29,30,33);1-2H,(H,4,5);1,3H;;;/q;;;;2*+1;-1/p-1. The number of hydrogen-bond acceptors (Lipinski definition) is 15. The topological polar surface area (TPSA) is 318 Å². The third-order valence-corrected chi connectivity index (χ3v) is 13.2. The molecule has 0 aliphatic carbocycles. The van der Waals surface area contributed by atoms with Gasteiger partial charge in [0.05, 0.1) is 47.3 Å². The zero-order valence-electron chi connectivity index (χ0n) is 51.8. The predicted octanol–water partition coefficient (Wildman–Crippen LogP) is 6.42. The van der Waals surface area contributed by atoms with Gasteiger partial charge in [0.1, 0.15) is 42.1 Å². The van der Waals surface area contributed by atoms with Crippen LogP contribution in [0.2, 0.25) is 0 Å². The van der Waals surface area contributed by atoms with Crippen LogP contribution in [0.4, 0.5) is 44.2 Å². The molecule has 0 fully saturated rings. The van der Waals surface area contributed by atoms with Gasteiger partial charge in [-0.1, -0.05) is 148 Å². The SMILES string of the molecule is Cc1ccc(-n2nc(C(C)(C)C)cc2NC(=O)Nc2ccc(OCCI)c3ccccc23)cc1.Cc1ccc(-n2nc(C(C)(C)C)cc2NC(=O)Nc2ccc(OCCn3cnc([N+](=O)[O-])c3)c3ccccc23)cc1.O=CO[O-].O=[N+]([O-])c1cnc[nH]1.[H-].[K+].[K+]. The van der Waals surface area contributed by atoms with Crippen LogP contribution >= 0.6 is 22.6 Å². The number of hydrogen-bond donors (Lipinski definition) is 5. The van der Waals surface area contributed by atoms with Crippen molar-refractivity contribution in [1.82, 2.24) is 39.1 Å². The molecule has 0 bridgehead atoms. The number of aromatic nitrogens is 8. The van der Waals surface area contributed by atoms with Crippen molar-refractivity contribution in [2.24, 2.45) is 0 Å². The molecular formula is C61H65IK2N14O11. The maximum Gasteiger partial charge on any atom is 1.00 e. The summed E-state index contributed by atoms with van der Waals surface area (Å²) >= 11 is 2.29. The number of amides is 4. The molecule has 4 aromatic heterocycles. The van der Waals surface area contributed by atoms with E-state index in [-0.39, 0.29) is 146 Å². The van der Waals surface area contributed by atoms with Gasteiger partial charge in [-0.05, 0) is 77.2 Å². The van der Waals surface area contributed by atoms with Gasteiger partial charge in [-0.2, -0.15) is 10.2 Å². The first-order chi connectivity index (χ1) is 41.6. The predicted molar refractivity (Wildman–Crippen MR) is 339 cm³/mol. The smallest absolute Gasteiger partial charge is 1.00 e. The number of benzene rings is 6. The van der Waals surface area contributed by atoms with Gasteiger partial charge in [-0.3, -0.25) is 15.4 Å². The number of carbonyl (C=O) groups excluding carboxylic acids is 3. The van der Waals surface area contributed by atoms with Gasteiger partial charge in [-0.15, -0.1) is 0 Å². The van der Waals surface area contributed by atoms with Crippen molar-refractivity contribution in [3.05, 3.63) is 201 Å². The zero-order chi connectivity index (χ0) is 62.8. The van der Waals surface area contributed by atoms with Crippen molar-refractivity contribution in [2.45, 2.75) is 72.8 Å². The van der Waals surface area contributed by atoms with Crippen LogP contribution in [-0.4, -0.2) is 85.1 Å². The third-order valence-electron chi connectivity index (χ3n) is 12.7. The minimum absolute atomic E-state index is 0. The van der Waals surface area contributed by atoms with E-state index in [1.807, 2.05) is 135 Å². The van der Waals surface area contributed by atoms with E-state index in [0.717, 1.165) is 71.8 Å². The Bertz CT molecular complexity index is 3990. The molecule has 0 unspecified atom stereocenters. The Labute approximate surface area is 612 Å². The molecule has 25 nitrogen and oxygen atoms in total. The summed E-state index contributed by atoms with van der Waals surface area (Å²) < 4.78 is 17.9. The van der Waals surface area contributed by atoms with Gasteiger partial charge in [0.15, 0.2) is 6.33 Å². The van der Waals surface area contributed by atoms with Gasteiger partial charge < -0.3 is 56.5 Å². The molecule has 4 heterocycles. The molecule has 454 valence electrons. The van der Waals surface area contributed by atoms with E-state index in [9.17, 15) is 29.8 Å². The number of nitrogens with zero attached hydrogens (tertiary/aromatic N) is 9. The van der Waals surface area contributed by atoms with E-state index < -0.39 is 15.9 Å². The van der Waals surface area contributed by atoms with Crippen LogP contribution in [0.25, 0.3) is 32.9 Å². The number of imidazole rings is 2. The number of ether oxygens (including phenoxy) is 2. The van der Waals surface area contributed by atoms with E-state index in [1.54, 1.807) is 26.1 Å². The summed E-state index contributed by atoms with van der Waals surface area (Å²) in [5.41, 5.74) is 6.74. The second-order valence-electron chi connectivity index (χ2n) is 21.3. The summed E-state index contributed by atoms with van der Waals surface area (Å²) in [6.07, 6.45) is 5.18. The fourth-order valence-electron chi connectivity index (χ4n) is 8.31. The molecule has 0 saturated heterocycles. The molecule has 4 amide bonds. The minimum atomic E-state index is -0.535. The molecule has 10 rings (SSSR count). The maximum atomic E-state index is 13.2. The zero-order valence-corrected chi connectivity index (χ0v) is 59.2. The van der Waals surface area contributed by atoms with Crippen molar-refractivity contribution >= 4 is 97.3 Å². The molecule has 0 spiro atoms. The van der Waals surface area contributed by atoms with Gasteiger partial charge in [0.25, 0.3) is 6.47 Å². The average Bonchev–Trinajstić information content (AvgIpc) is 1.75. The largest absolute Gasteiger partial charge is 1.00 e. The van der Waals surface area contributed by atoms with Gasteiger partial charge in [-0.25, -0.2) is 28.9 Å². The van der Waals surface area contributed by atoms with Crippen molar-refractivity contribution < 1.29 is 148 Å². The summed E-state index contributed by atoms with van der Waals surface area (Å²) in [6, 6.07) is 42.0. The number of aryl methyl sites for hydroxylation is 2. The number of urea groups is 2. The molecule has 28 heteroatoms. The third kappa shape index (κ3) is 20.8. The van der Waals surface area contributed by atoms with Crippen molar-refractivity contribution in [1.29, 1.82) is 0 Å². The molecule has 10 aromatic rings. The number of anilines is 4. The summed E-state index contributed by atoms with van der Waals surface area (Å²) in [4.78, 5) is 66.7. The number of nitro groups is 2. The number of carbonyl (C=O) groups is 3. The van der Waals surface area contributed by atoms with Crippen molar-refractivity contribution in [3.63, 3.8) is 0 Å². The number of halogens is 1. The van der Waals surface area contributed by atoms with Gasteiger partial charge in [0, 0.05) is 48.9 Å². The van der Waals surface area contributed by atoms with Crippen LogP contribution in [0, 0.1) is 34.1 Å². The fourth-order valence-corrected chi connectivity index (χ4v) is 8.53. The molecule has 5 N–H and O–H groups in total. The number of nitrogens with one attached hydrogen (secondary N) is 5. The number of aromatic amines is 1. The summed E-state index contributed by atoms with van der Waals surface area (Å²) in [6.45, 7) is 17.7. The van der Waals surface area contributed by atoms with Crippen molar-refractivity contribution in [3.8, 4) is 22.9 Å². The van der Waals surface area contributed by atoms with Crippen LogP contribution in [-0.2, 0) is 27.1 Å². The summed E-state index contributed by atoms with van der Waals surface area (Å²) in [5.74, 6) is 2.32. The number of rotatable bonds is 16. The summed E-state index contributed by atoms with van der Waals surface area (Å²) in [7, 11) is 0. The molecule has 0 atom stereocenters. The van der Waals surface area contributed by atoms with Crippen LogP contribution in [0.1, 0.15) is 65.5 Å². The van der Waals surface area contributed by atoms with Gasteiger partial charge in [0.2, 0.25) is 6.33 Å². The number of H-pyrrole nitrogens is 1. The molecule has 0 radical (unpaired) electrons. The summed E-state index contributed by atoms with van der Waals surface area (Å²) in [5, 5.41) is 54.1. The van der Waals surface area contributed by atoms with Crippen LogP contribution < -0.4 is 139 Å². The van der Waals surface area contributed by atoms with Crippen molar-refractivity contribution in [2.75, 3.05) is 38.9 Å². The van der Waals surface area contributed by atoms with E-state index in [1.165, 1.54) is 18.9 Å². The molecule has 0 aliphatic heterocycles. The minimum Gasteiger partial charge on any atom is -1.00 e. The van der Waals surface area contributed by atoms with E-state index in [2.05, 4.69) is 105 Å². The van der Waals surface area contributed by atoms with Crippen LogP contribution in [0.15, 0.2) is 159 Å². The van der Waals surface area contributed by atoms with Gasteiger partial charge >= 0.3 is 126 Å². The molecule has 6 aromatic carbocycles. The fraction of sp³-hybridized carbons (Fsp3) is 0.230. The van der Waals surface area contributed by atoms with E-state index in [0.29, 0.717) is 41.9 Å².